The van der Waals surface area contributed by atoms with Gasteiger partial charge in [-0.05, 0) is 48.7 Å². The molecule has 21 heavy (non-hydrogen) atoms. The van der Waals surface area contributed by atoms with Crippen LogP contribution in [-0.4, -0.2) is 5.78 Å². The average Bonchev–Trinajstić information content (AvgIpc) is 2.46. The van der Waals surface area contributed by atoms with E-state index in [4.69, 9.17) is 11.6 Å². The molecule has 2 aromatic carbocycles. The fraction of sp³-hybridized carbons (Fsp3) is 0.176. The van der Waals surface area contributed by atoms with Gasteiger partial charge in [0.1, 0.15) is 11.7 Å². The Morgan fingerprint density at radius 2 is 1.90 bits per heavy atom. The summed E-state index contributed by atoms with van der Waals surface area (Å²) in [5, 5.41) is 9.25. The quantitative estimate of drug-likeness (QED) is 0.778. The van der Waals surface area contributed by atoms with E-state index >= 15 is 0 Å². The van der Waals surface area contributed by atoms with Gasteiger partial charge in [0.15, 0.2) is 5.78 Å². The fourth-order valence-corrected chi connectivity index (χ4v) is 2.16. The Morgan fingerprint density at radius 1 is 1.19 bits per heavy atom. The van der Waals surface area contributed by atoms with Crippen LogP contribution in [0.25, 0.3) is 0 Å². The number of carbonyl (C=O) groups excluding carboxylic acids is 1. The lowest BCUT2D eigenvalue weighted by molar-refractivity contribution is 0.0978. The summed E-state index contributed by atoms with van der Waals surface area (Å²) in [7, 11) is 0. The summed E-state index contributed by atoms with van der Waals surface area (Å²) < 4.78 is 13.5. The first-order valence-electron chi connectivity index (χ1n) is 6.40. The van der Waals surface area contributed by atoms with Crippen LogP contribution in [0, 0.1) is 31.0 Å². The first kappa shape index (κ1) is 15.2. The number of nitrogens with zero attached hydrogens (tertiary/aromatic N) is 1. The van der Waals surface area contributed by atoms with Crippen LogP contribution >= 0.6 is 11.6 Å². The van der Waals surface area contributed by atoms with Crippen molar-refractivity contribution in [2.75, 3.05) is 0 Å². The van der Waals surface area contributed by atoms with Gasteiger partial charge in [0.05, 0.1) is 11.1 Å². The molecule has 106 valence electrons. The van der Waals surface area contributed by atoms with Crippen LogP contribution in [0.3, 0.4) is 0 Å². The normalized spacial score (nSPS) is 11.8. The monoisotopic (exact) mass is 301 g/mol. The second kappa shape index (κ2) is 6.07. The second-order valence-corrected chi connectivity index (χ2v) is 5.31. The summed E-state index contributed by atoms with van der Waals surface area (Å²) in [6.07, 6.45) is 0. The molecule has 4 heteroatoms. The summed E-state index contributed by atoms with van der Waals surface area (Å²) in [5.41, 5.74) is 2.84. The Balaban J connectivity index is 2.41. The number of hydrogen-bond donors (Lipinski definition) is 0. The number of ketones is 1. The van der Waals surface area contributed by atoms with Crippen molar-refractivity contribution in [1.82, 2.24) is 0 Å². The number of halogens is 2. The predicted octanol–water partition coefficient (Wildman–Crippen LogP) is 4.59. The molecular formula is C17H13ClFNO. The number of Topliss-reactive ketones (excluding diaryl/α,β-unsaturated/α-hetero) is 1. The van der Waals surface area contributed by atoms with Gasteiger partial charge in [0.2, 0.25) is 0 Å². The SMILES string of the molecule is Cc1ccc(C(C#N)C(=O)c2ccc(Cl)c(F)c2)cc1C. The van der Waals surface area contributed by atoms with E-state index in [0.29, 0.717) is 5.56 Å². The van der Waals surface area contributed by atoms with E-state index in [1.165, 1.54) is 12.1 Å². The van der Waals surface area contributed by atoms with Crippen LogP contribution in [0.4, 0.5) is 4.39 Å². The largest absolute Gasteiger partial charge is 0.292 e. The molecule has 0 fully saturated rings. The van der Waals surface area contributed by atoms with Crippen molar-refractivity contribution in [2.45, 2.75) is 19.8 Å². The van der Waals surface area contributed by atoms with Crippen LogP contribution < -0.4 is 0 Å². The van der Waals surface area contributed by atoms with Crippen molar-refractivity contribution in [2.24, 2.45) is 0 Å². The predicted molar refractivity (Wildman–Crippen MR) is 80.0 cm³/mol. The van der Waals surface area contributed by atoms with Gasteiger partial charge in [0.25, 0.3) is 0 Å². The highest BCUT2D eigenvalue weighted by molar-refractivity contribution is 6.30. The van der Waals surface area contributed by atoms with E-state index in [-0.39, 0.29) is 10.6 Å². The highest BCUT2D eigenvalue weighted by Crippen LogP contribution is 2.24. The molecule has 0 saturated heterocycles. The number of aryl methyl sites for hydroxylation is 2. The van der Waals surface area contributed by atoms with Crippen molar-refractivity contribution in [3.8, 4) is 6.07 Å². The molecule has 0 saturated carbocycles. The van der Waals surface area contributed by atoms with E-state index in [9.17, 15) is 14.4 Å². The molecule has 0 radical (unpaired) electrons. The van der Waals surface area contributed by atoms with Gasteiger partial charge >= 0.3 is 0 Å². The van der Waals surface area contributed by atoms with Crippen molar-refractivity contribution in [3.63, 3.8) is 0 Å². The second-order valence-electron chi connectivity index (χ2n) is 4.90. The molecule has 2 aromatic rings. The third kappa shape index (κ3) is 3.12. The van der Waals surface area contributed by atoms with E-state index in [2.05, 4.69) is 0 Å². The van der Waals surface area contributed by atoms with Gasteiger partial charge < -0.3 is 0 Å². The average molecular weight is 302 g/mol. The van der Waals surface area contributed by atoms with Crippen LogP contribution in [0.2, 0.25) is 5.02 Å². The number of carbonyl (C=O) groups is 1. The van der Waals surface area contributed by atoms with Gasteiger partial charge in [0, 0.05) is 5.56 Å². The van der Waals surface area contributed by atoms with E-state index in [1.54, 1.807) is 6.07 Å². The first-order valence-corrected chi connectivity index (χ1v) is 6.78. The number of hydrogen-bond acceptors (Lipinski definition) is 2. The minimum Gasteiger partial charge on any atom is -0.292 e. The van der Waals surface area contributed by atoms with Crippen LogP contribution in [0.5, 0.6) is 0 Å². The van der Waals surface area contributed by atoms with Crippen molar-refractivity contribution >= 4 is 17.4 Å². The van der Waals surface area contributed by atoms with Crippen LogP contribution in [0.1, 0.15) is 33.0 Å². The Labute approximate surface area is 127 Å². The van der Waals surface area contributed by atoms with E-state index < -0.39 is 17.5 Å². The van der Waals surface area contributed by atoms with Crippen LogP contribution in [0.15, 0.2) is 36.4 Å². The summed E-state index contributed by atoms with van der Waals surface area (Å²) in [6, 6.07) is 11.2. The molecule has 0 spiro atoms. The van der Waals surface area contributed by atoms with Crippen LogP contribution in [-0.2, 0) is 0 Å². The maximum Gasteiger partial charge on any atom is 0.184 e. The standard InChI is InChI=1S/C17H13ClFNO/c1-10-3-4-12(7-11(10)2)14(9-20)17(21)13-5-6-15(18)16(19)8-13/h3-8,14H,1-2H3. The summed E-state index contributed by atoms with van der Waals surface area (Å²) in [6.45, 7) is 3.87. The lowest BCUT2D eigenvalue weighted by atomic mass is 9.90. The molecule has 0 bridgehead atoms. The Hall–Kier alpha value is -2.18. The van der Waals surface area contributed by atoms with E-state index in [1.807, 2.05) is 32.0 Å². The molecule has 0 heterocycles. The molecule has 1 unspecified atom stereocenters. The number of rotatable bonds is 3. The molecule has 0 amide bonds. The third-order valence-corrected chi connectivity index (χ3v) is 3.77. The van der Waals surface area contributed by atoms with Gasteiger partial charge in [-0.2, -0.15) is 5.26 Å². The fourth-order valence-electron chi connectivity index (χ4n) is 2.04. The zero-order chi connectivity index (χ0) is 15.6. The summed E-state index contributed by atoms with van der Waals surface area (Å²) in [4.78, 5) is 12.4. The van der Waals surface area contributed by atoms with Crippen molar-refractivity contribution in [3.05, 3.63) is 69.5 Å². The smallest absolute Gasteiger partial charge is 0.184 e. The molecule has 0 aliphatic rings. The molecule has 1 atom stereocenters. The maximum absolute atomic E-state index is 13.5. The van der Waals surface area contributed by atoms with Gasteiger partial charge in [-0.3, -0.25) is 4.79 Å². The van der Waals surface area contributed by atoms with E-state index in [0.717, 1.165) is 17.2 Å². The minimum atomic E-state index is -0.954. The van der Waals surface area contributed by atoms with Gasteiger partial charge in [-0.25, -0.2) is 4.39 Å². The Kier molecular flexibility index (Phi) is 4.40. The molecule has 0 aromatic heterocycles. The molecule has 2 rings (SSSR count). The highest BCUT2D eigenvalue weighted by Gasteiger charge is 2.22. The van der Waals surface area contributed by atoms with Crippen molar-refractivity contribution in [1.29, 1.82) is 5.26 Å². The van der Waals surface area contributed by atoms with Crippen molar-refractivity contribution < 1.29 is 9.18 Å². The molecule has 0 aliphatic heterocycles. The Bertz CT molecular complexity index is 749. The summed E-state index contributed by atoms with van der Waals surface area (Å²) >= 11 is 5.60. The van der Waals surface area contributed by atoms with Gasteiger partial charge in [-0.1, -0.05) is 29.8 Å². The number of nitriles is 1. The lowest BCUT2D eigenvalue weighted by Crippen LogP contribution is -2.12. The molecule has 0 aliphatic carbocycles. The van der Waals surface area contributed by atoms with Gasteiger partial charge in [-0.15, -0.1) is 0 Å². The maximum atomic E-state index is 13.5. The zero-order valence-corrected chi connectivity index (χ0v) is 12.4. The zero-order valence-electron chi connectivity index (χ0n) is 11.7. The summed E-state index contributed by atoms with van der Waals surface area (Å²) in [5.74, 6) is -2.06. The lowest BCUT2D eigenvalue weighted by Gasteiger charge is -2.11. The first-order chi connectivity index (χ1) is 9.93. The number of benzene rings is 2. The highest BCUT2D eigenvalue weighted by atomic mass is 35.5. The topological polar surface area (TPSA) is 40.9 Å². The minimum absolute atomic E-state index is 0.0498. The molecular weight excluding hydrogens is 289 g/mol. The molecule has 0 N–H and O–H groups in total. The Morgan fingerprint density at radius 3 is 2.48 bits per heavy atom. The third-order valence-electron chi connectivity index (χ3n) is 3.46. The molecule has 2 nitrogen and oxygen atoms in total.